The Kier molecular flexibility index (Phi) is 5.18. The predicted octanol–water partition coefficient (Wildman–Crippen LogP) is 4.99. The van der Waals surface area contributed by atoms with Crippen molar-refractivity contribution in [2.24, 2.45) is 0 Å². The van der Waals surface area contributed by atoms with Gasteiger partial charge >= 0.3 is 0 Å². The summed E-state index contributed by atoms with van der Waals surface area (Å²) in [5, 5.41) is 2.73. The number of thioether (sulfide) groups is 1. The van der Waals surface area contributed by atoms with Crippen molar-refractivity contribution in [3.05, 3.63) is 93.6 Å². The second-order valence-electron chi connectivity index (χ2n) is 6.00. The molecule has 2 heterocycles. The molecule has 4 rings (SSSR count). The highest BCUT2D eigenvalue weighted by atomic mass is 32.2. The van der Waals surface area contributed by atoms with Gasteiger partial charge in [-0.25, -0.2) is 4.98 Å². The standard InChI is InChI=1S/C21H18N2OS2/c24-20-19-18(12-14-25-19)22-21(26-15-17-9-5-2-6-10-17)23(20)13-11-16-7-3-1-4-8-16/h1-10,12,14H,11,13,15H2. The lowest BCUT2D eigenvalue weighted by molar-refractivity contribution is 0.596. The highest BCUT2D eigenvalue weighted by molar-refractivity contribution is 7.98. The van der Waals surface area contributed by atoms with Crippen molar-refractivity contribution in [2.75, 3.05) is 0 Å². The van der Waals surface area contributed by atoms with Crippen molar-refractivity contribution < 1.29 is 0 Å². The minimum absolute atomic E-state index is 0.0662. The summed E-state index contributed by atoms with van der Waals surface area (Å²) in [7, 11) is 0. The van der Waals surface area contributed by atoms with E-state index < -0.39 is 0 Å². The van der Waals surface area contributed by atoms with E-state index in [0.717, 1.165) is 27.5 Å². The zero-order chi connectivity index (χ0) is 17.8. The minimum atomic E-state index is 0.0662. The SMILES string of the molecule is O=c1c2sccc2nc(SCc2ccccc2)n1CCc1ccccc1. The summed E-state index contributed by atoms with van der Waals surface area (Å²) in [6.07, 6.45) is 0.818. The van der Waals surface area contributed by atoms with E-state index in [1.807, 2.05) is 52.4 Å². The molecule has 0 atom stereocenters. The highest BCUT2D eigenvalue weighted by Crippen LogP contribution is 2.24. The van der Waals surface area contributed by atoms with Gasteiger partial charge in [0, 0.05) is 12.3 Å². The van der Waals surface area contributed by atoms with E-state index in [9.17, 15) is 4.79 Å². The van der Waals surface area contributed by atoms with E-state index in [1.54, 1.807) is 11.8 Å². The molecule has 0 aliphatic heterocycles. The average Bonchev–Trinajstić information content (AvgIpc) is 3.16. The van der Waals surface area contributed by atoms with Crippen molar-refractivity contribution in [1.82, 2.24) is 9.55 Å². The number of aromatic nitrogens is 2. The Hall–Kier alpha value is -2.37. The lowest BCUT2D eigenvalue weighted by Crippen LogP contribution is -2.23. The maximum absolute atomic E-state index is 13.0. The molecule has 0 aliphatic rings. The molecular formula is C21H18N2OS2. The van der Waals surface area contributed by atoms with Gasteiger partial charge in [0.25, 0.3) is 5.56 Å². The van der Waals surface area contributed by atoms with Crippen molar-refractivity contribution in [2.45, 2.75) is 23.9 Å². The van der Waals surface area contributed by atoms with Gasteiger partial charge < -0.3 is 0 Å². The van der Waals surface area contributed by atoms with Crippen LogP contribution in [0.3, 0.4) is 0 Å². The number of fused-ring (bicyclic) bond motifs is 1. The Bertz CT molecular complexity index is 1060. The van der Waals surface area contributed by atoms with Gasteiger partial charge in [0.05, 0.1) is 5.52 Å². The number of rotatable bonds is 6. The molecule has 0 N–H and O–H groups in total. The van der Waals surface area contributed by atoms with Gasteiger partial charge in [-0.3, -0.25) is 9.36 Å². The fourth-order valence-electron chi connectivity index (χ4n) is 2.84. The predicted molar refractivity (Wildman–Crippen MR) is 110 cm³/mol. The molecular weight excluding hydrogens is 360 g/mol. The largest absolute Gasteiger partial charge is 0.286 e. The minimum Gasteiger partial charge on any atom is -0.286 e. The van der Waals surface area contributed by atoms with E-state index >= 15 is 0 Å². The van der Waals surface area contributed by atoms with Gasteiger partial charge in [-0.1, -0.05) is 72.4 Å². The Labute approximate surface area is 160 Å². The lowest BCUT2D eigenvalue weighted by atomic mass is 10.1. The molecule has 0 fully saturated rings. The van der Waals surface area contributed by atoms with Crippen LogP contribution in [0.1, 0.15) is 11.1 Å². The van der Waals surface area contributed by atoms with Gasteiger partial charge in [-0.15, -0.1) is 11.3 Å². The summed E-state index contributed by atoms with van der Waals surface area (Å²) in [5.41, 5.74) is 3.32. The molecule has 2 aromatic heterocycles. The van der Waals surface area contributed by atoms with Gasteiger partial charge in [0.15, 0.2) is 5.16 Å². The smallest absolute Gasteiger partial charge is 0.272 e. The van der Waals surface area contributed by atoms with Gasteiger partial charge in [0.2, 0.25) is 0 Å². The lowest BCUT2D eigenvalue weighted by Gasteiger charge is -2.12. The number of aryl methyl sites for hydroxylation is 1. The van der Waals surface area contributed by atoms with Crippen LogP contribution in [0, 0.1) is 0 Å². The molecule has 0 spiro atoms. The first-order chi connectivity index (χ1) is 12.8. The number of hydrogen-bond donors (Lipinski definition) is 0. The maximum atomic E-state index is 13.0. The maximum Gasteiger partial charge on any atom is 0.272 e. The number of nitrogens with zero attached hydrogens (tertiary/aromatic N) is 2. The van der Waals surface area contributed by atoms with Crippen LogP contribution in [0.2, 0.25) is 0 Å². The third kappa shape index (κ3) is 3.74. The molecule has 0 radical (unpaired) electrons. The fraction of sp³-hybridized carbons (Fsp3) is 0.143. The zero-order valence-corrected chi connectivity index (χ0v) is 15.8. The monoisotopic (exact) mass is 378 g/mol. The number of benzene rings is 2. The second-order valence-corrected chi connectivity index (χ2v) is 7.85. The van der Waals surface area contributed by atoms with E-state index in [2.05, 4.69) is 24.3 Å². The fourth-order valence-corrected chi connectivity index (χ4v) is 4.60. The van der Waals surface area contributed by atoms with Crippen LogP contribution in [-0.4, -0.2) is 9.55 Å². The normalized spacial score (nSPS) is 11.1. The first-order valence-corrected chi connectivity index (χ1v) is 10.4. The van der Waals surface area contributed by atoms with Crippen LogP contribution >= 0.6 is 23.1 Å². The molecule has 26 heavy (non-hydrogen) atoms. The summed E-state index contributed by atoms with van der Waals surface area (Å²) in [6, 6.07) is 22.5. The molecule has 0 bridgehead atoms. The Morgan fingerprint density at radius 2 is 1.62 bits per heavy atom. The molecule has 5 heteroatoms. The van der Waals surface area contributed by atoms with Crippen LogP contribution < -0.4 is 5.56 Å². The molecule has 0 amide bonds. The Morgan fingerprint density at radius 3 is 2.35 bits per heavy atom. The Balaban J connectivity index is 1.64. The molecule has 0 aliphatic carbocycles. The van der Waals surface area contributed by atoms with E-state index in [0.29, 0.717) is 6.54 Å². The second kappa shape index (κ2) is 7.89. The summed E-state index contributed by atoms with van der Waals surface area (Å²) >= 11 is 3.09. The number of hydrogen-bond acceptors (Lipinski definition) is 4. The topological polar surface area (TPSA) is 34.9 Å². The highest BCUT2D eigenvalue weighted by Gasteiger charge is 2.13. The first kappa shape index (κ1) is 17.1. The molecule has 2 aromatic carbocycles. The zero-order valence-electron chi connectivity index (χ0n) is 14.2. The average molecular weight is 379 g/mol. The summed E-state index contributed by atoms with van der Waals surface area (Å²) in [6.45, 7) is 0.640. The van der Waals surface area contributed by atoms with E-state index in [1.165, 1.54) is 22.5 Å². The van der Waals surface area contributed by atoms with E-state index in [4.69, 9.17) is 4.98 Å². The summed E-state index contributed by atoms with van der Waals surface area (Å²) < 4.78 is 2.57. The van der Waals surface area contributed by atoms with Crippen molar-refractivity contribution in [3.63, 3.8) is 0 Å². The van der Waals surface area contributed by atoms with Crippen LogP contribution in [0.15, 0.2) is 82.1 Å². The third-order valence-electron chi connectivity index (χ3n) is 4.21. The van der Waals surface area contributed by atoms with Gasteiger partial charge in [0.1, 0.15) is 4.70 Å². The van der Waals surface area contributed by atoms with Crippen molar-refractivity contribution >= 4 is 33.3 Å². The summed E-state index contributed by atoms with van der Waals surface area (Å²) in [5.74, 6) is 0.800. The molecule has 3 nitrogen and oxygen atoms in total. The van der Waals surface area contributed by atoms with Crippen LogP contribution in [0.4, 0.5) is 0 Å². The van der Waals surface area contributed by atoms with Crippen molar-refractivity contribution in [1.29, 1.82) is 0 Å². The van der Waals surface area contributed by atoms with Crippen molar-refractivity contribution in [3.8, 4) is 0 Å². The molecule has 4 aromatic rings. The van der Waals surface area contributed by atoms with Crippen LogP contribution in [-0.2, 0) is 18.7 Å². The Morgan fingerprint density at radius 1 is 0.923 bits per heavy atom. The van der Waals surface area contributed by atoms with E-state index in [-0.39, 0.29) is 5.56 Å². The quantitative estimate of drug-likeness (QED) is 0.350. The third-order valence-corrected chi connectivity index (χ3v) is 6.15. The van der Waals surface area contributed by atoms with Crippen LogP contribution in [0.5, 0.6) is 0 Å². The van der Waals surface area contributed by atoms with Gasteiger partial charge in [-0.05, 0) is 29.0 Å². The molecule has 0 unspecified atom stereocenters. The van der Waals surface area contributed by atoms with Crippen LogP contribution in [0.25, 0.3) is 10.2 Å². The summed E-state index contributed by atoms with van der Waals surface area (Å²) in [4.78, 5) is 17.7. The van der Waals surface area contributed by atoms with Gasteiger partial charge in [-0.2, -0.15) is 0 Å². The molecule has 130 valence electrons. The first-order valence-electron chi connectivity index (χ1n) is 8.50. The molecule has 0 saturated heterocycles. The number of thiophene rings is 1. The molecule has 0 saturated carbocycles.